The van der Waals surface area contributed by atoms with Crippen molar-refractivity contribution in [2.45, 2.75) is 51.0 Å². The molecule has 1 amide bonds. The summed E-state index contributed by atoms with van der Waals surface area (Å²) in [5.41, 5.74) is 0.466. The van der Waals surface area contributed by atoms with Crippen molar-refractivity contribution in [2.24, 2.45) is 10.9 Å². The number of ether oxygens (including phenoxy) is 1. The van der Waals surface area contributed by atoms with E-state index in [9.17, 15) is 18.0 Å². The smallest absolute Gasteiger partial charge is 0.310 e. The Bertz CT molecular complexity index is 882. The summed E-state index contributed by atoms with van der Waals surface area (Å²) in [7, 11) is -2.36. The molecule has 1 aliphatic heterocycles. The van der Waals surface area contributed by atoms with E-state index in [1.807, 2.05) is 13.8 Å². The van der Waals surface area contributed by atoms with Gasteiger partial charge in [0.15, 0.2) is 0 Å². The number of methoxy groups -OCH3 is 1. The number of benzene rings is 1. The lowest BCUT2D eigenvalue weighted by molar-refractivity contribution is -0.146. The molecule has 1 aromatic rings. The molecule has 0 bridgehead atoms. The van der Waals surface area contributed by atoms with E-state index in [0.29, 0.717) is 18.5 Å². The van der Waals surface area contributed by atoms with Gasteiger partial charge in [0.1, 0.15) is 11.9 Å². The number of fused-ring (bicyclic) bond motifs is 1. The van der Waals surface area contributed by atoms with Gasteiger partial charge in [-0.1, -0.05) is 38.8 Å². The number of carbonyl (C=O) groups excluding carboxylic acids is 2. The summed E-state index contributed by atoms with van der Waals surface area (Å²) in [6.07, 6.45) is 2.14. The number of sulfonamides is 1. The number of amidine groups is 1. The third-order valence-corrected chi connectivity index (χ3v) is 6.25. The zero-order chi connectivity index (χ0) is 21.6. The van der Waals surface area contributed by atoms with Crippen molar-refractivity contribution in [1.29, 1.82) is 0 Å². The molecular weight excluding hydrogens is 394 g/mol. The van der Waals surface area contributed by atoms with E-state index < -0.39 is 22.0 Å². The first-order valence-electron chi connectivity index (χ1n) is 9.81. The van der Waals surface area contributed by atoms with Gasteiger partial charge in [-0.15, -0.1) is 0 Å². The molecule has 1 heterocycles. The standard InChI is InChI=1S/C20H29N3O5S/c1-5-7-11-16(19(24)23(6-2)13-14(3)20(25)28-4)21-18-15-10-8-9-12-17(15)29(26,27)22-18/h8-10,12,14,16H,5-7,11,13H2,1-4H3,(H,21,22). The van der Waals surface area contributed by atoms with Gasteiger partial charge in [0, 0.05) is 18.7 Å². The first-order valence-corrected chi connectivity index (χ1v) is 11.3. The fraction of sp³-hybridized carbons (Fsp3) is 0.550. The van der Waals surface area contributed by atoms with Crippen molar-refractivity contribution in [3.63, 3.8) is 0 Å². The number of hydrogen-bond acceptors (Lipinski definition) is 6. The second-order valence-corrected chi connectivity index (χ2v) is 8.69. The molecule has 2 atom stereocenters. The first kappa shape index (κ1) is 22.9. The van der Waals surface area contributed by atoms with Crippen molar-refractivity contribution in [3.05, 3.63) is 29.8 Å². The second-order valence-electron chi connectivity index (χ2n) is 7.04. The van der Waals surface area contributed by atoms with E-state index in [1.54, 1.807) is 30.0 Å². The molecular formula is C20H29N3O5S. The van der Waals surface area contributed by atoms with Crippen LogP contribution in [-0.2, 0) is 24.3 Å². The Labute approximate surface area is 172 Å². The number of likely N-dealkylation sites (N-methyl/N-ethyl adjacent to an activating group) is 1. The van der Waals surface area contributed by atoms with Crippen LogP contribution in [0.2, 0.25) is 0 Å². The fourth-order valence-electron chi connectivity index (χ4n) is 3.22. The maximum Gasteiger partial charge on any atom is 0.310 e. The number of rotatable bonds is 9. The van der Waals surface area contributed by atoms with Gasteiger partial charge < -0.3 is 9.64 Å². The van der Waals surface area contributed by atoms with Gasteiger partial charge in [0.25, 0.3) is 10.0 Å². The van der Waals surface area contributed by atoms with Crippen LogP contribution in [0.4, 0.5) is 0 Å². The van der Waals surface area contributed by atoms with Crippen LogP contribution in [0.5, 0.6) is 0 Å². The van der Waals surface area contributed by atoms with Crippen LogP contribution in [-0.4, -0.2) is 57.3 Å². The van der Waals surface area contributed by atoms with Crippen molar-refractivity contribution < 1.29 is 22.7 Å². The normalized spacial score (nSPS) is 17.9. The van der Waals surface area contributed by atoms with Crippen molar-refractivity contribution >= 4 is 27.7 Å². The number of hydrogen-bond donors (Lipinski definition) is 1. The third-order valence-electron chi connectivity index (χ3n) is 4.86. The van der Waals surface area contributed by atoms with Crippen LogP contribution >= 0.6 is 0 Å². The van der Waals surface area contributed by atoms with E-state index in [4.69, 9.17) is 4.74 Å². The van der Waals surface area contributed by atoms with Crippen molar-refractivity contribution in [1.82, 2.24) is 9.62 Å². The second kappa shape index (κ2) is 9.87. The summed E-state index contributed by atoms with van der Waals surface area (Å²) in [5.74, 6) is -0.890. The Morgan fingerprint density at radius 2 is 1.93 bits per heavy atom. The highest BCUT2D eigenvalue weighted by Crippen LogP contribution is 2.23. The Morgan fingerprint density at radius 3 is 2.55 bits per heavy atom. The average Bonchev–Trinajstić information content (AvgIpc) is 2.98. The summed E-state index contributed by atoms with van der Waals surface area (Å²) in [4.78, 5) is 31.2. The third kappa shape index (κ3) is 5.35. The predicted molar refractivity (Wildman–Crippen MR) is 110 cm³/mol. The number of esters is 1. The number of amides is 1. The number of carbonyl (C=O) groups is 2. The minimum absolute atomic E-state index is 0.159. The van der Waals surface area contributed by atoms with Crippen LogP contribution in [0, 0.1) is 5.92 Å². The van der Waals surface area contributed by atoms with Crippen LogP contribution in [0.15, 0.2) is 34.2 Å². The maximum atomic E-state index is 13.2. The Morgan fingerprint density at radius 1 is 1.24 bits per heavy atom. The first-order chi connectivity index (χ1) is 13.7. The number of nitrogens with one attached hydrogen (secondary N) is 1. The number of nitrogens with zero attached hydrogens (tertiary/aromatic N) is 2. The molecule has 1 aromatic carbocycles. The van der Waals surface area contributed by atoms with Gasteiger partial charge in [-0.05, 0) is 25.5 Å². The molecule has 29 heavy (non-hydrogen) atoms. The SMILES string of the molecule is CCCCC(N=C1NS(=O)(=O)c2ccccc21)C(=O)N(CC)CC(C)C(=O)OC. The highest BCUT2D eigenvalue weighted by molar-refractivity contribution is 7.90. The van der Waals surface area contributed by atoms with Crippen LogP contribution in [0.3, 0.4) is 0 Å². The maximum absolute atomic E-state index is 13.2. The van der Waals surface area contributed by atoms with Gasteiger partial charge >= 0.3 is 5.97 Å². The molecule has 0 aliphatic carbocycles. The van der Waals surface area contributed by atoms with Crippen molar-refractivity contribution in [3.8, 4) is 0 Å². The van der Waals surface area contributed by atoms with E-state index in [-0.39, 0.29) is 29.2 Å². The minimum Gasteiger partial charge on any atom is -0.469 e. The summed E-state index contributed by atoms with van der Waals surface area (Å²) in [5, 5.41) is 0. The monoisotopic (exact) mass is 423 g/mol. The molecule has 8 nitrogen and oxygen atoms in total. The van der Waals surface area contributed by atoms with Gasteiger partial charge in [-0.3, -0.25) is 19.3 Å². The molecule has 0 saturated carbocycles. The summed E-state index contributed by atoms with van der Waals surface area (Å²) in [6.45, 7) is 6.18. The van der Waals surface area contributed by atoms with Gasteiger partial charge in [0.05, 0.1) is 17.9 Å². The van der Waals surface area contributed by atoms with Crippen LogP contribution in [0.1, 0.15) is 45.6 Å². The van der Waals surface area contributed by atoms with Gasteiger partial charge in [-0.25, -0.2) is 8.42 Å². The van der Waals surface area contributed by atoms with Crippen LogP contribution < -0.4 is 4.72 Å². The number of aliphatic imine (C=N–C) groups is 1. The molecule has 160 valence electrons. The highest BCUT2D eigenvalue weighted by atomic mass is 32.2. The zero-order valence-corrected chi connectivity index (χ0v) is 18.2. The Hall–Kier alpha value is -2.42. The summed E-state index contributed by atoms with van der Waals surface area (Å²) < 4.78 is 31.9. The molecule has 0 aromatic heterocycles. The summed E-state index contributed by atoms with van der Waals surface area (Å²) >= 11 is 0. The molecule has 0 spiro atoms. The molecule has 0 fully saturated rings. The molecule has 2 unspecified atom stereocenters. The molecule has 2 rings (SSSR count). The largest absolute Gasteiger partial charge is 0.469 e. The molecule has 1 N–H and O–H groups in total. The van der Waals surface area contributed by atoms with E-state index in [0.717, 1.165) is 12.8 Å². The molecule has 1 aliphatic rings. The lowest BCUT2D eigenvalue weighted by Crippen LogP contribution is -2.43. The van der Waals surface area contributed by atoms with E-state index in [1.165, 1.54) is 13.2 Å². The Kier molecular flexibility index (Phi) is 7.78. The zero-order valence-electron chi connectivity index (χ0n) is 17.3. The number of unbranched alkanes of at least 4 members (excludes halogenated alkanes) is 1. The van der Waals surface area contributed by atoms with Crippen molar-refractivity contribution in [2.75, 3.05) is 20.2 Å². The van der Waals surface area contributed by atoms with Gasteiger partial charge in [0.2, 0.25) is 5.91 Å². The highest BCUT2D eigenvalue weighted by Gasteiger charge is 2.33. The quantitative estimate of drug-likeness (QED) is 0.611. The minimum atomic E-state index is -3.67. The topological polar surface area (TPSA) is 105 Å². The van der Waals surface area contributed by atoms with E-state index >= 15 is 0 Å². The average molecular weight is 424 g/mol. The van der Waals surface area contributed by atoms with Gasteiger partial charge in [-0.2, -0.15) is 0 Å². The molecule has 9 heteroatoms. The molecule has 0 saturated heterocycles. The predicted octanol–water partition coefficient (Wildman–Crippen LogP) is 1.94. The lowest BCUT2D eigenvalue weighted by Gasteiger charge is -2.26. The molecule has 0 radical (unpaired) electrons. The fourth-order valence-corrected chi connectivity index (χ4v) is 4.46. The van der Waals surface area contributed by atoms with E-state index in [2.05, 4.69) is 9.71 Å². The summed E-state index contributed by atoms with van der Waals surface area (Å²) in [6, 6.07) is 5.83. The lowest BCUT2D eigenvalue weighted by atomic mass is 10.1. The Balaban J connectivity index is 2.33. The van der Waals surface area contributed by atoms with Crippen LogP contribution in [0.25, 0.3) is 0 Å².